The first-order valence-electron chi connectivity index (χ1n) is 8.22. The highest BCUT2D eigenvalue weighted by Crippen LogP contribution is 2.29. The van der Waals surface area contributed by atoms with Gasteiger partial charge in [0.2, 0.25) is 5.91 Å². The number of carbonyl (C=O) groups is 1. The third-order valence-corrected chi connectivity index (χ3v) is 5.06. The van der Waals surface area contributed by atoms with Gasteiger partial charge in [0.15, 0.2) is 5.13 Å². The van der Waals surface area contributed by atoms with Crippen molar-refractivity contribution >= 4 is 34.0 Å². The molecule has 1 N–H and O–H groups in total. The molecule has 0 spiro atoms. The van der Waals surface area contributed by atoms with Gasteiger partial charge in [0, 0.05) is 16.0 Å². The zero-order valence-electron chi connectivity index (χ0n) is 14.4. The van der Waals surface area contributed by atoms with Crippen molar-refractivity contribution in [1.82, 2.24) is 4.98 Å². The second-order valence-electron chi connectivity index (χ2n) is 6.31. The standard InChI is InChI=1S/C20H18ClFN2OS/c1-12(2)18(14-3-7-15(21)8-4-14)19(25)24-20-23-17(11-26-20)13-5-9-16(22)10-6-13/h3-12,18H,1-2H3,(H,23,24,25)/t18-/m0/s1. The van der Waals surface area contributed by atoms with Crippen LogP contribution in [-0.4, -0.2) is 10.9 Å². The molecular formula is C20H18ClFN2OS. The molecule has 0 radical (unpaired) electrons. The van der Waals surface area contributed by atoms with Gasteiger partial charge < -0.3 is 5.32 Å². The average Bonchev–Trinajstić information content (AvgIpc) is 3.05. The smallest absolute Gasteiger partial charge is 0.233 e. The highest BCUT2D eigenvalue weighted by molar-refractivity contribution is 7.14. The molecular weight excluding hydrogens is 371 g/mol. The first-order valence-corrected chi connectivity index (χ1v) is 9.47. The summed E-state index contributed by atoms with van der Waals surface area (Å²) in [6.07, 6.45) is 0. The van der Waals surface area contributed by atoms with Crippen LogP contribution >= 0.6 is 22.9 Å². The summed E-state index contributed by atoms with van der Waals surface area (Å²) in [6.45, 7) is 4.01. The van der Waals surface area contributed by atoms with Crippen molar-refractivity contribution in [3.8, 4) is 11.3 Å². The fourth-order valence-corrected chi connectivity index (χ4v) is 3.63. The average molecular weight is 389 g/mol. The lowest BCUT2D eigenvalue weighted by molar-refractivity contribution is -0.118. The Morgan fingerprint density at radius 2 is 1.77 bits per heavy atom. The van der Waals surface area contributed by atoms with Crippen LogP contribution in [0.15, 0.2) is 53.9 Å². The number of carbonyl (C=O) groups excluding carboxylic acids is 1. The number of anilines is 1. The van der Waals surface area contributed by atoms with Gasteiger partial charge in [-0.1, -0.05) is 37.6 Å². The van der Waals surface area contributed by atoms with Gasteiger partial charge in [-0.15, -0.1) is 11.3 Å². The van der Waals surface area contributed by atoms with Crippen LogP contribution in [0.5, 0.6) is 0 Å². The number of nitrogens with one attached hydrogen (secondary N) is 1. The van der Waals surface area contributed by atoms with Crippen molar-refractivity contribution < 1.29 is 9.18 Å². The van der Waals surface area contributed by atoms with E-state index in [1.165, 1.54) is 23.5 Å². The predicted octanol–water partition coefficient (Wildman–Crippen LogP) is 5.98. The van der Waals surface area contributed by atoms with E-state index in [2.05, 4.69) is 10.3 Å². The highest BCUT2D eigenvalue weighted by atomic mass is 35.5. The summed E-state index contributed by atoms with van der Waals surface area (Å²) in [7, 11) is 0. The number of thiazole rings is 1. The molecule has 2 aromatic carbocycles. The minimum Gasteiger partial charge on any atom is -0.301 e. The molecule has 0 fully saturated rings. The Kier molecular flexibility index (Phi) is 5.69. The van der Waals surface area contributed by atoms with E-state index in [1.807, 2.05) is 31.4 Å². The number of amides is 1. The van der Waals surface area contributed by atoms with Crippen molar-refractivity contribution in [2.45, 2.75) is 19.8 Å². The molecule has 0 unspecified atom stereocenters. The molecule has 3 rings (SSSR count). The van der Waals surface area contributed by atoms with E-state index in [9.17, 15) is 9.18 Å². The van der Waals surface area contributed by atoms with Crippen LogP contribution in [0.4, 0.5) is 9.52 Å². The van der Waals surface area contributed by atoms with E-state index in [1.54, 1.807) is 24.3 Å². The van der Waals surface area contributed by atoms with Crippen LogP contribution in [0.2, 0.25) is 5.02 Å². The van der Waals surface area contributed by atoms with E-state index >= 15 is 0 Å². The summed E-state index contributed by atoms with van der Waals surface area (Å²) in [6, 6.07) is 13.4. The molecule has 1 heterocycles. The van der Waals surface area contributed by atoms with Gasteiger partial charge in [0.25, 0.3) is 0 Å². The maximum atomic E-state index is 13.0. The van der Waals surface area contributed by atoms with Gasteiger partial charge in [-0.05, 0) is 47.9 Å². The van der Waals surface area contributed by atoms with Crippen LogP contribution in [0.1, 0.15) is 25.3 Å². The number of rotatable bonds is 5. The molecule has 0 saturated carbocycles. The van der Waals surface area contributed by atoms with Crippen molar-refractivity contribution in [1.29, 1.82) is 0 Å². The molecule has 0 aliphatic carbocycles. The summed E-state index contributed by atoms with van der Waals surface area (Å²) in [5.41, 5.74) is 2.43. The monoisotopic (exact) mass is 388 g/mol. The number of aromatic nitrogens is 1. The van der Waals surface area contributed by atoms with E-state index in [4.69, 9.17) is 11.6 Å². The molecule has 1 atom stereocenters. The number of hydrogen-bond donors (Lipinski definition) is 1. The lowest BCUT2D eigenvalue weighted by Gasteiger charge is -2.20. The number of nitrogens with zero attached hydrogens (tertiary/aromatic N) is 1. The normalized spacial score (nSPS) is 12.2. The second kappa shape index (κ2) is 7.98. The van der Waals surface area contributed by atoms with Gasteiger partial charge >= 0.3 is 0 Å². The summed E-state index contributed by atoms with van der Waals surface area (Å²) in [5, 5.41) is 5.90. The predicted molar refractivity (Wildman–Crippen MR) is 105 cm³/mol. The van der Waals surface area contributed by atoms with Crippen LogP contribution in [0, 0.1) is 11.7 Å². The van der Waals surface area contributed by atoms with Gasteiger partial charge in [-0.2, -0.15) is 0 Å². The van der Waals surface area contributed by atoms with Crippen LogP contribution in [0.25, 0.3) is 11.3 Å². The molecule has 1 aromatic heterocycles. The van der Waals surface area contributed by atoms with Crippen LogP contribution in [0.3, 0.4) is 0 Å². The van der Waals surface area contributed by atoms with Gasteiger partial charge in [0.05, 0.1) is 11.6 Å². The molecule has 26 heavy (non-hydrogen) atoms. The first-order chi connectivity index (χ1) is 12.4. The molecule has 0 saturated heterocycles. The third kappa shape index (κ3) is 4.29. The summed E-state index contributed by atoms with van der Waals surface area (Å²) < 4.78 is 13.0. The Morgan fingerprint density at radius 3 is 2.38 bits per heavy atom. The van der Waals surface area contributed by atoms with E-state index < -0.39 is 0 Å². The Balaban J connectivity index is 1.77. The maximum Gasteiger partial charge on any atom is 0.233 e. The van der Waals surface area contributed by atoms with Crippen molar-refractivity contribution in [2.75, 3.05) is 5.32 Å². The fraction of sp³-hybridized carbons (Fsp3) is 0.200. The highest BCUT2D eigenvalue weighted by Gasteiger charge is 2.25. The zero-order chi connectivity index (χ0) is 18.7. The molecule has 1 amide bonds. The summed E-state index contributed by atoms with van der Waals surface area (Å²) in [4.78, 5) is 17.2. The minimum atomic E-state index is -0.301. The van der Waals surface area contributed by atoms with E-state index in [-0.39, 0.29) is 23.6 Å². The summed E-state index contributed by atoms with van der Waals surface area (Å²) >= 11 is 7.29. The number of benzene rings is 2. The Hall–Kier alpha value is -2.24. The van der Waals surface area contributed by atoms with Gasteiger partial charge in [-0.25, -0.2) is 9.37 Å². The molecule has 3 nitrogen and oxygen atoms in total. The Bertz CT molecular complexity index is 891. The minimum absolute atomic E-state index is 0.109. The van der Waals surface area contributed by atoms with Crippen molar-refractivity contribution in [2.24, 2.45) is 5.92 Å². The molecule has 0 aliphatic heterocycles. The zero-order valence-corrected chi connectivity index (χ0v) is 15.9. The molecule has 6 heteroatoms. The lowest BCUT2D eigenvalue weighted by atomic mass is 9.88. The third-order valence-electron chi connectivity index (χ3n) is 4.05. The molecule has 0 bridgehead atoms. The molecule has 134 valence electrons. The molecule has 0 aliphatic rings. The van der Waals surface area contributed by atoms with Crippen LogP contribution in [-0.2, 0) is 4.79 Å². The van der Waals surface area contributed by atoms with E-state index in [0.29, 0.717) is 15.8 Å². The van der Waals surface area contributed by atoms with Gasteiger partial charge in [-0.3, -0.25) is 4.79 Å². The van der Waals surface area contributed by atoms with Crippen LogP contribution < -0.4 is 5.32 Å². The largest absolute Gasteiger partial charge is 0.301 e. The van der Waals surface area contributed by atoms with Gasteiger partial charge in [0.1, 0.15) is 5.82 Å². The fourth-order valence-electron chi connectivity index (χ4n) is 2.78. The number of halogens is 2. The summed E-state index contributed by atoms with van der Waals surface area (Å²) in [5.74, 6) is -0.583. The lowest BCUT2D eigenvalue weighted by Crippen LogP contribution is -2.25. The second-order valence-corrected chi connectivity index (χ2v) is 7.60. The maximum absolute atomic E-state index is 13.0. The molecule has 3 aromatic rings. The Morgan fingerprint density at radius 1 is 1.12 bits per heavy atom. The van der Waals surface area contributed by atoms with E-state index in [0.717, 1.165) is 11.1 Å². The SMILES string of the molecule is CC(C)[C@H](C(=O)Nc1nc(-c2ccc(F)cc2)cs1)c1ccc(Cl)cc1. The van der Waals surface area contributed by atoms with Crippen molar-refractivity contribution in [3.05, 3.63) is 70.3 Å². The topological polar surface area (TPSA) is 42.0 Å². The van der Waals surface area contributed by atoms with Crippen molar-refractivity contribution in [3.63, 3.8) is 0 Å². The quantitative estimate of drug-likeness (QED) is 0.584. The first kappa shape index (κ1) is 18.5. The Labute approximate surface area is 160 Å². The number of hydrogen-bond acceptors (Lipinski definition) is 3.